The highest BCUT2D eigenvalue weighted by Crippen LogP contribution is 2.00. The van der Waals surface area contributed by atoms with Gasteiger partial charge in [0.15, 0.2) is 5.96 Å². The molecule has 0 fully saturated rings. The van der Waals surface area contributed by atoms with Crippen molar-refractivity contribution in [2.24, 2.45) is 4.99 Å². The normalized spacial score (nSPS) is 11.1. The van der Waals surface area contributed by atoms with Crippen LogP contribution in [-0.4, -0.2) is 31.5 Å². The predicted molar refractivity (Wildman–Crippen MR) is 74.1 cm³/mol. The maximum Gasteiger partial charge on any atom is 0.193 e. The molecule has 0 saturated heterocycles. The number of guanidine groups is 1. The van der Waals surface area contributed by atoms with Crippen molar-refractivity contribution in [2.75, 3.05) is 20.6 Å². The van der Waals surface area contributed by atoms with E-state index in [1.807, 2.05) is 44.1 Å². The van der Waals surface area contributed by atoms with Gasteiger partial charge in [-0.25, -0.2) is 4.99 Å². The summed E-state index contributed by atoms with van der Waals surface area (Å²) in [7, 11) is 3.96. The number of nitrogens with zero attached hydrogens (tertiary/aromatic N) is 2. The van der Waals surface area contributed by atoms with Gasteiger partial charge >= 0.3 is 0 Å². The Kier molecular flexibility index (Phi) is 5.27. The first-order valence-corrected chi connectivity index (χ1v) is 5.73. The second kappa shape index (κ2) is 6.74. The summed E-state index contributed by atoms with van der Waals surface area (Å²) < 4.78 is 0. The summed E-state index contributed by atoms with van der Waals surface area (Å²) in [6.45, 7) is 7.31. The molecule has 0 radical (unpaired) electrons. The molecule has 0 spiro atoms. The second-order valence-corrected chi connectivity index (χ2v) is 4.33. The lowest BCUT2D eigenvalue weighted by atomic mass is 10.2. The van der Waals surface area contributed by atoms with Crippen molar-refractivity contribution < 1.29 is 0 Å². The van der Waals surface area contributed by atoms with E-state index in [9.17, 15) is 0 Å². The Hall–Kier alpha value is -1.77. The molecule has 0 aliphatic rings. The molecular weight excluding hydrogens is 210 g/mol. The third-order valence-corrected chi connectivity index (χ3v) is 2.23. The summed E-state index contributed by atoms with van der Waals surface area (Å²) in [5.74, 6) is 0.886. The average molecular weight is 231 g/mol. The molecule has 0 unspecified atom stereocenters. The van der Waals surface area contributed by atoms with Gasteiger partial charge in [-0.3, -0.25) is 0 Å². The molecule has 0 amide bonds. The zero-order valence-corrected chi connectivity index (χ0v) is 10.9. The Labute approximate surface area is 104 Å². The first-order valence-electron chi connectivity index (χ1n) is 5.73. The Morgan fingerprint density at radius 3 is 2.47 bits per heavy atom. The summed E-state index contributed by atoms with van der Waals surface area (Å²) in [4.78, 5) is 6.53. The van der Waals surface area contributed by atoms with E-state index in [2.05, 4.69) is 29.0 Å². The Balaban J connectivity index is 2.61. The number of rotatable bonds is 4. The highest BCUT2D eigenvalue weighted by atomic mass is 15.3. The van der Waals surface area contributed by atoms with Crippen molar-refractivity contribution >= 4 is 5.96 Å². The molecule has 0 atom stereocenters. The molecule has 17 heavy (non-hydrogen) atoms. The topological polar surface area (TPSA) is 27.6 Å². The van der Waals surface area contributed by atoms with Crippen LogP contribution in [0.3, 0.4) is 0 Å². The lowest BCUT2D eigenvalue weighted by molar-refractivity contribution is 0.585. The van der Waals surface area contributed by atoms with Crippen LogP contribution in [0.4, 0.5) is 0 Å². The van der Waals surface area contributed by atoms with Gasteiger partial charge in [0.2, 0.25) is 0 Å². The highest BCUT2D eigenvalue weighted by molar-refractivity contribution is 5.79. The van der Waals surface area contributed by atoms with Crippen LogP contribution in [0.5, 0.6) is 0 Å². The Morgan fingerprint density at radius 1 is 1.29 bits per heavy atom. The van der Waals surface area contributed by atoms with Gasteiger partial charge in [-0.1, -0.05) is 42.5 Å². The van der Waals surface area contributed by atoms with Crippen LogP contribution < -0.4 is 5.32 Å². The fraction of sp³-hybridized carbons (Fsp3) is 0.357. The zero-order valence-electron chi connectivity index (χ0n) is 10.9. The molecule has 0 heterocycles. The Morgan fingerprint density at radius 2 is 1.94 bits per heavy atom. The molecule has 1 aromatic rings. The van der Waals surface area contributed by atoms with Crippen LogP contribution in [-0.2, 0) is 6.54 Å². The lowest BCUT2D eigenvalue weighted by Crippen LogP contribution is -2.37. The van der Waals surface area contributed by atoms with E-state index in [0.717, 1.165) is 18.1 Å². The number of hydrogen-bond donors (Lipinski definition) is 1. The number of benzene rings is 1. The van der Waals surface area contributed by atoms with Crippen molar-refractivity contribution in [2.45, 2.75) is 13.5 Å². The third-order valence-electron chi connectivity index (χ3n) is 2.23. The minimum Gasteiger partial charge on any atom is -0.353 e. The Bertz CT molecular complexity index is 380. The van der Waals surface area contributed by atoms with E-state index >= 15 is 0 Å². The molecule has 0 bridgehead atoms. The van der Waals surface area contributed by atoms with Gasteiger partial charge < -0.3 is 10.2 Å². The summed E-state index contributed by atoms with van der Waals surface area (Å²) in [5.41, 5.74) is 2.31. The van der Waals surface area contributed by atoms with Crippen molar-refractivity contribution in [1.82, 2.24) is 10.2 Å². The van der Waals surface area contributed by atoms with E-state index in [1.54, 1.807) is 0 Å². The summed E-state index contributed by atoms with van der Waals surface area (Å²) >= 11 is 0. The van der Waals surface area contributed by atoms with E-state index in [4.69, 9.17) is 0 Å². The van der Waals surface area contributed by atoms with E-state index in [1.165, 1.54) is 5.56 Å². The van der Waals surface area contributed by atoms with Gasteiger partial charge in [-0.15, -0.1) is 0 Å². The van der Waals surface area contributed by atoms with E-state index in [-0.39, 0.29) is 0 Å². The van der Waals surface area contributed by atoms with E-state index in [0.29, 0.717) is 6.54 Å². The molecule has 1 rings (SSSR count). The van der Waals surface area contributed by atoms with Gasteiger partial charge in [-0.05, 0) is 12.5 Å². The standard InChI is InChI=1S/C14H21N3/c1-12(2)10-15-14(17(3)4)16-11-13-8-6-5-7-9-13/h5-9H,1,10-11H2,2-4H3,(H,15,16). The largest absolute Gasteiger partial charge is 0.353 e. The van der Waals surface area contributed by atoms with Gasteiger partial charge in [-0.2, -0.15) is 0 Å². The third kappa shape index (κ3) is 5.20. The molecule has 3 heteroatoms. The molecule has 0 aromatic heterocycles. The zero-order chi connectivity index (χ0) is 12.7. The summed E-state index contributed by atoms with van der Waals surface area (Å²) in [6.07, 6.45) is 0. The smallest absolute Gasteiger partial charge is 0.193 e. The molecule has 92 valence electrons. The van der Waals surface area contributed by atoms with Crippen LogP contribution in [0.2, 0.25) is 0 Å². The van der Waals surface area contributed by atoms with Gasteiger partial charge in [0.1, 0.15) is 0 Å². The maximum atomic E-state index is 4.56. The minimum atomic E-state index is 0.692. The summed E-state index contributed by atoms with van der Waals surface area (Å²) in [6, 6.07) is 10.2. The molecule has 0 aliphatic heterocycles. The monoisotopic (exact) mass is 231 g/mol. The molecule has 1 aromatic carbocycles. The van der Waals surface area contributed by atoms with Crippen LogP contribution in [0.1, 0.15) is 12.5 Å². The number of hydrogen-bond acceptors (Lipinski definition) is 1. The van der Waals surface area contributed by atoms with Crippen molar-refractivity contribution in [3.63, 3.8) is 0 Å². The first-order chi connectivity index (χ1) is 8.09. The predicted octanol–water partition coefficient (Wildman–Crippen LogP) is 2.27. The van der Waals surface area contributed by atoms with Crippen LogP contribution in [0, 0.1) is 0 Å². The van der Waals surface area contributed by atoms with Gasteiger partial charge in [0.25, 0.3) is 0 Å². The average Bonchev–Trinajstić information content (AvgIpc) is 2.29. The van der Waals surface area contributed by atoms with Crippen LogP contribution in [0.15, 0.2) is 47.5 Å². The van der Waals surface area contributed by atoms with Crippen LogP contribution in [0.25, 0.3) is 0 Å². The van der Waals surface area contributed by atoms with Gasteiger partial charge in [0.05, 0.1) is 6.54 Å². The van der Waals surface area contributed by atoms with Crippen molar-refractivity contribution in [3.8, 4) is 0 Å². The van der Waals surface area contributed by atoms with Crippen molar-refractivity contribution in [3.05, 3.63) is 48.0 Å². The lowest BCUT2D eigenvalue weighted by Gasteiger charge is -2.17. The van der Waals surface area contributed by atoms with Crippen LogP contribution >= 0.6 is 0 Å². The first kappa shape index (κ1) is 13.3. The van der Waals surface area contributed by atoms with E-state index < -0.39 is 0 Å². The second-order valence-electron chi connectivity index (χ2n) is 4.33. The minimum absolute atomic E-state index is 0.692. The summed E-state index contributed by atoms with van der Waals surface area (Å²) in [5, 5.41) is 3.27. The fourth-order valence-electron chi connectivity index (χ4n) is 1.33. The highest BCUT2D eigenvalue weighted by Gasteiger charge is 2.00. The molecule has 0 saturated carbocycles. The molecular formula is C14H21N3. The fourth-order valence-corrected chi connectivity index (χ4v) is 1.33. The molecule has 1 N–H and O–H groups in total. The SMILES string of the molecule is C=C(C)CNC(=NCc1ccccc1)N(C)C. The van der Waals surface area contributed by atoms with Crippen molar-refractivity contribution in [1.29, 1.82) is 0 Å². The quantitative estimate of drug-likeness (QED) is 0.489. The van der Waals surface area contributed by atoms with Gasteiger partial charge in [0, 0.05) is 20.6 Å². The number of nitrogens with one attached hydrogen (secondary N) is 1. The maximum absolute atomic E-state index is 4.56. The number of aliphatic imine (C=N–C) groups is 1. The molecule has 3 nitrogen and oxygen atoms in total. The molecule has 0 aliphatic carbocycles.